The number of hydrogen-bond acceptors (Lipinski definition) is 4. The van der Waals surface area contributed by atoms with E-state index in [1.807, 2.05) is 0 Å². The number of hydrogen-bond donors (Lipinski definition) is 2. The maximum absolute atomic E-state index is 12.6. The zero-order valence-corrected chi connectivity index (χ0v) is 12.8. The molecule has 1 aromatic carbocycles. The van der Waals surface area contributed by atoms with Crippen molar-refractivity contribution in [3.05, 3.63) is 29.3 Å². The molecule has 2 atom stereocenters. The molecule has 2 rings (SSSR count). The van der Waals surface area contributed by atoms with E-state index in [2.05, 4.69) is 0 Å². The Morgan fingerprint density at radius 1 is 1.38 bits per heavy atom. The highest BCUT2D eigenvalue weighted by Gasteiger charge is 2.33. The highest BCUT2D eigenvalue weighted by molar-refractivity contribution is 7.89. The van der Waals surface area contributed by atoms with Crippen LogP contribution in [0.2, 0.25) is 0 Å². The number of benzene rings is 1. The molecular weight excluding hydrogens is 294 g/mol. The van der Waals surface area contributed by atoms with Gasteiger partial charge >= 0.3 is 5.97 Å². The fourth-order valence-corrected chi connectivity index (χ4v) is 4.04. The number of piperidine rings is 1. The molecule has 2 unspecified atom stereocenters. The first kappa shape index (κ1) is 15.9. The molecule has 1 heterocycles. The fourth-order valence-electron chi connectivity index (χ4n) is 2.45. The normalized spacial score (nSPS) is 24.0. The lowest BCUT2D eigenvalue weighted by atomic mass is 9.99. The number of carbonyl (C=O) groups is 1. The number of aryl methyl sites for hydroxylation is 1. The smallest absolute Gasteiger partial charge is 0.335 e. The summed E-state index contributed by atoms with van der Waals surface area (Å²) in [6, 6.07) is 4.12. The molecule has 1 aromatic rings. The first-order valence-corrected chi connectivity index (χ1v) is 8.19. The Morgan fingerprint density at radius 3 is 2.62 bits per heavy atom. The third kappa shape index (κ3) is 3.09. The summed E-state index contributed by atoms with van der Waals surface area (Å²) in [5.74, 6) is -1.29. The first-order valence-electron chi connectivity index (χ1n) is 6.75. The lowest BCUT2D eigenvalue weighted by Gasteiger charge is -2.33. The standard InChI is InChI=1S/C14H19NO5S/c1-9-3-4-11(7-12(9)14(17)18)21(19,20)15-6-5-13(16)10(2)8-15/h3-4,7,10,13,16H,5-6,8H2,1-2H3,(H,17,18). The Balaban J connectivity index is 2.36. The Hall–Kier alpha value is -1.44. The number of aliphatic hydroxyl groups excluding tert-OH is 1. The first-order chi connectivity index (χ1) is 9.73. The molecule has 7 heteroatoms. The number of rotatable bonds is 3. The minimum atomic E-state index is -3.73. The highest BCUT2D eigenvalue weighted by Crippen LogP contribution is 2.25. The van der Waals surface area contributed by atoms with E-state index >= 15 is 0 Å². The van der Waals surface area contributed by atoms with Crippen molar-refractivity contribution < 1.29 is 23.4 Å². The topological polar surface area (TPSA) is 94.9 Å². The van der Waals surface area contributed by atoms with Gasteiger partial charge in [0.25, 0.3) is 0 Å². The molecule has 1 saturated heterocycles. The minimum absolute atomic E-state index is 0.0128. The molecule has 2 N–H and O–H groups in total. The monoisotopic (exact) mass is 313 g/mol. The van der Waals surface area contributed by atoms with Crippen molar-refractivity contribution in [2.45, 2.75) is 31.3 Å². The predicted octanol–water partition coefficient (Wildman–Crippen LogP) is 1.08. The van der Waals surface area contributed by atoms with Crippen LogP contribution in [0.4, 0.5) is 0 Å². The number of aliphatic hydroxyl groups is 1. The van der Waals surface area contributed by atoms with Crippen molar-refractivity contribution in [3.63, 3.8) is 0 Å². The van der Waals surface area contributed by atoms with Crippen molar-refractivity contribution in [2.75, 3.05) is 13.1 Å². The van der Waals surface area contributed by atoms with E-state index in [9.17, 15) is 18.3 Å². The lowest BCUT2D eigenvalue weighted by Crippen LogP contribution is -2.44. The molecule has 0 amide bonds. The summed E-state index contributed by atoms with van der Waals surface area (Å²) in [6.45, 7) is 3.90. The van der Waals surface area contributed by atoms with Gasteiger partial charge in [0.1, 0.15) is 0 Å². The number of carboxylic acid groups (broad SMARTS) is 1. The van der Waals surface area contributed by atoms with Crippen LogP contribution < -0.4 is 0 Å². The zero-order chi connectivity index (χ0) is 15.8. The molecule has 1 aliphatic rings. The van der Waals surface area contributed by atoms with E-state index in [0.717, 1.165) is 0 Å². The molecular formula is C14H19NO5S. The Labute approximate surface area is 124 Å². The predicted molar refractivity (Wildman–Crippen MR) is 76.7 cm³/mol. The van der Waals surface area contributed by atoms with Gasteiger partial charge in [0.15, 0.2) is 0 Å². The summed E-state index contributed by atoms with van der Waals surface area (Å²) in [5.41, 5.74) is 0.505. The average Bonchev–Trinajstić information content (AvgIpc) is 2.41. The number of carboxylic acids is 1. The lowest BCUT2D eigenvalue weighted by molar-refractivity contribution is 0.0628. The third-order valence-electron chi connectivity index (χ3n) is 3.90. The SMILES string of the molecule is Cc1ccc(S(=O)(=O)N2CCC(O)C(C)C2)cc1C(=O)O. The van der Waals surface area contributed by atoms with Crippen LogP contribution in [0.3, 0.4) is 0 Å². The third-order valence-corrected chi connectivity index (χ3v) is 5.76. The molecule has 0 spiro atoms. The molecule has 0 aromatic heterocycles. The van der Waals surface area contributed by atoms with E-state index in [-0.39, 0.29) is 29.5 Å². The summed E-state index contributed by atoms with van der Waals surface area (Å²) < 4.78 is 26.5. The van der Waals surface area contributed by atoms with Crippen LogP contribution in [-0.2, 0) is 10.0 Å². The molecule has 0 radical (unpaired) electrons. The summed E-state index contributed by atoms with van der Waals surface area (Å²) in [6.07, 6.45) is -0.109. The van der Waals surface area contributed by atoms with Crippen LogP contribution >= 0.6 is 0 Å². The van der Waals surface area contributed by atoms with Crippen molar-refractivity contribution in [1.29, 1.82) is 0 Å². The number of sulfonamides is 1. The summed E-state index contributed by atoms with van der Waals surface area (Å²) in [5, 5.41) is 18.8. The van der Waals surface area contributed by atoms with Crippen LogP contribution in [-0.4, -0.2) is 48.1 Å². The summed E-state index contributed by atoms with van der Waals surface area (Å²) >= 11 is 0. The van der Waals surface area contributed by atoms with E-state index in [1.165, 1.54) is 22.5 Å². The highest BCUT2D eigenvalue weighted by atomic mass is 32.2. The van der Waals surface area contributed by atoms with E-state index in [1.54, 1.807) is 13.8 Å². The van der Waals surface area contributed by atoms with Gasteiger partial charge in [-0.15, -0.1) is 0 Å². The molecule has 0 bridgehead atoms. The molecule has 0 saturated carbocycles. The zero-order valence-electron chi connectivity index (χ0n) is 12.0. The average molecular weight is 313 g/mol. The fraction of sp³-hybridized carbons (Fsp3) is 0.500. The van der Waals surface area contributed by atoms with Crippen LogP contribution in [0, 0.1) is 12.8 Å². The maximum atomic E-state index is 12.6. The second-order valence-corrected chi connectivity index (χ2v) is 7.42. The van der Waals surface area contributed by atoms with E-state index in [4.69, 9.17) is 5.11 Å². The van der Waals surface area contributed by atoms with Gasteiger partial charge in [-0.1, -0.05) is 13.0 Å². The van der Waals surface area contributed by atoms with Crippen LogP contribution in [0.5, 0.6) is 0 Å². The Kier molecular flexibility index (Phi) is 4.36. The van der Waals surface area contributed by atoms with Gasteiger partial charge in [0.05, 0.1) is 16.6 Å². The van der Waals surface area contributed by atoms with Gasteiger partial charge in [-0.2, -0.15) is 4.31 Å². The van der Waals surface area contributed by atoms with Gasteiger partial charge in [-0.3, -0.25) is 0 Å². The molecule has 116 valence electrons. The van der Waals surface area contributed by atoms with Crippen LogP contribution in [0.1, 0.15) is 29.3 Å². The van der Waals surface area contributed by atoms with Crippen LogP contribution in [0.15, 0.2) is 23.1 Å². The van der Waals surface area contributed by atoms with Gasteiger partial charge in [0, 0.05) is 13.1 Å². The summed E-state index contributed by atoms with van der Waals surface area (Å²) in [7, 11) is -3.73. The van der Waals surface area contributed by atoms with Crippen molar-refractivity contribution in [2.24, 2.45) is 5.92 Å². The van der Waals surface area contributed by atoms with E-state index in [0.29, 0.717) is 12.0 Å². The maximum Gasteiger partial charge on any atom is 0.335 e. The second kappa shape index (κ2) is 5.75. The summed E-state index contributed by atoms with van der Waals surface area (Å²) in [4.78, 5) is 11.1. The molecule has 6 nitrogen and oxygen atoms in total. The Bertz CT molecular complexity index is 655. The molecule has 0 aliphatic carbocycles. The van der Waals surface area contributed by atoms with E-state index < -0.39 is 22.1 Å². The Morgan fingerprint density at radius 2 is 2.05 bits per heavy atom. The van der Waals surface area contributed by atoms with Crippen molar-refractivity contribution in [3.8, 4) is 0 Å². The largest absolute Gasteiger partial charge is 0.478 e. The number of aromatic carboxylic acids is 1. The number of nitrogens with zero attached hydrogens (tertiary/aromatic N) is 1. The van der Waals surface area contributed by atoms with Crippen molar-refractivity contribution >= 4 is 16.0 Å². The van der Waals surface area contributed by atoms with Gasteiger partial charge in [-0.05, 0) is 37.0 Å². The van der Waals surface area contributed by atoms with Gasteiger partial charge < -0.3 is 10.2 Å². The quantitative estimate of drug-likeness (QED) is 0.871. The molecule has 1 fully saturated rings. The molecule has 21 heavy (non-hydrogen) atoms. The van der Waals surface area contributed by atoms with Gasteiger partial charge in [-0.25, -0.2) is 13.2 Å². The molecule has 1 aliphatic heterocycles. The van der Waals surface area contributed by atoms with Gasteiger partial charge in [0.2, 0.25) is 10.0 Å². The van der Waals surface area contributed by atoms with Crippen molar-refractivity contribution in [1.82, 2.24) is 4.31 Å². The second-order valence-electron chi connectivity index (χ2n) is 5.48. The van der Waals surface area contributed by atoms with Crippen LogP contribution in [0.25, 0.3) is 0 Å². The minimum Gasteiger partial charge on any atom is -0.478 e.